The highest BCUT2D eigenvalue weighted by Crippen LogP contribution is 2.47. The summed E-state index contributed by atoms with van der Waals surface area (Å²) in [5.41, 5.74) is 0.246. The van der Waals surface area contributed by atoms with E-state index >= 15 is 0 Å². The molecule has 1 aliphatic carbocycles. The molecule has 1 heterocycles. The second kappa shape index (κ2) is 3.63. The molecule has 0 amide bonds. The van der Waals surface area contributed by atoms with E-state index < -0.39 is 6.10 Å². The Morgan fingerprint density at radius 2 is 2.36 bits per heavy atom. The van der Waals surface area contributed by atoms with E-state index in [1.54, 1.807) is 5.38 Å². The van der Waals surface area contributed by atoms with Crippen molar-refractivity contribution >= 4 is 11.3 Å². The van der Waals surface area contributed by atoms with E-state index in [0.717, 1.165) is 12.8 Å². The van der Waals surface area contributed by atoms with Gasteiger partial charge in [-0.1, -0.05) is 13.3 Å². The monoisotopic (exact) mass is 214 g/mol. The maximum absolute atomic E-state index is 13.1. The second-order valence-corrected chi connectivity index (χ2v) is 5.46. The van der Waals surface area contributed by atoms with E-state index in [4.69, 9.17) is 0 Å². The van der Waals surface area contributed by atoms with Gasteiger partial charge in [0.1, 0.15) is 5.82 Å². The summed E-state index contributed by atoms with van der Waals surface area (Å²) in [4.78, 5) is 0.498. The molecule has 0 bridgehead atoms. The second-order valence-electron chi connectivity index (χ2n) is 4.52. The topological polar surface area (TPSA) is 20.2 Å². The standard InChI is InChI=1S/C11H15FOS/c1-11(4-2-5-11)7-9(13)10-8(12)3-6-14-10/h3,6,9,13H,2,4-5,7H2,1H3. The van der Waals surface area contributed by atoms with Crippen LogP contribution in [-0.4, -0.2) is 5.11 Å². The van der Waals surface area contributed by atoms with Crippen LogP contribution in [0.2, 0.25) is 0 Å². The number of aliphatic hydroxyl groups is 1. The molecule has 0 aromatic carbocycles. The summed E-state index contributed by atoms with van der Waals surface area (Å²) in [5, 5.41) is 11.6. The third kappa shape index (κ3) is 1.84. The number of aliphatic hydroxyl groups excluding tert-OH is 1. The third-order valence-electron chi connectivity index (χ3n) is 3.19. The summed E-state index contributed by atoms with van der Waals surface area (Å²) in [5.74, 6) is -0.259. The van der Waals surface area contributed by atoms with Gasteiger partial charge in [-0.3, -0.25) is 0 Å². The largest absolute Gasteiger partial charge is 0.387 e. The summed E-state index contributed by atoms with van der Waals surface area (Å²) in [6, 6.07) is 1.42. The number of hydrogen-bond donors (Lipinski definition) is 1. The molecule has 0 radical (unpaired) electrons. The molecule has 3 heteroatoms. The normalized spacial score (nSPS) is 21.6. The molecular weight excluding hydrogens is 199 g/mol. The predicted molar refractivity (Wildman–Crippen MR) is 55.8 cm³/mol. The zero-order valence-corrected chi connectivity index (χ0v) is 9.11. The predicted octanol–water partition coefficient (Wildman–Crippen LogP) is 3.50. The van der Waals surface area contributed by atoms with Gasteiger partial charge in [0.2, 0.25) is 0 Å². The smallest absolute Gasteiger partial charge is 0.139 e. The number of halogens is 1. The van der Waals surface area contributed by atoms with E-state index in [9.17, 15) is 9.50 Å². The maximum Gasteiger partial charge on any atom is 0.139 e. The fourth-order valence-electron chi connectivity index (χ4n) is 2.09. The lowest BCUT2D eigenvalue weighted by atomic mass is 9.67. The van der Waals surface area contributed by atoms with E-state index in [-0.39, 0.29) is 11.2 Å². The Bertz CT molecular complexity index is 317. The molecule has 0 saturated heterocycles. The Morgan fingerprint density at radius 3 is 2.79 bits per heavy atom. The fourth-order valence-corrected chi connectivity index (χ4v) is 2.84. The van der Waals surface area contributed by atoms with Crippen LogP contribution in [0.3, 0.4) is 0 Å². The van der Waals surface area contributed by atoms with E-state index in [1.165, 1.54) is 23.8 Å². The third-order valence-corrected chi connectivity index (χ3v) is 4.19. The molecule has 1 atom stereocenters. The lowest BCUT2D eigenvalue weighted by Crippen LogP contribution is -2.27. The van der Waals surface area contributed by atoms with E-state index in [2.05, 4.69) is 6.92 Å². The highest BCUT2D eigenvalue weighted by molar-refractivity contribution is 7.10. The fraction of sp³-hybridized carbons (Fsp3) is 0.636. The first-order valence-electron chi connectivity index (χ1n) is 5.02. The van der Waals surface area contributed by atoms with Gasteiger partial charge >= 0.3 is 0 Å². The molecular formula is C11H15FOS. The summed E-state index contributed by atoms with van der Waals surface area (Å²) in [6.45, 7) is 2.17. The van der Waals surface area contributed by atoms with Crippen molar-refractivity contribution in [2.24, 2.45) is 5.41 Å². The first kappa shape index (κ1) is 10.1. The van der Waals surface area contributed by atoms with E-state index in [0.29, 0.717) is 11.3 Å². The molecule has 1 fully saturated rings. The highest BCUT2D eigenvalue weighted by Gasteiger charge is 2.34. The Balaban J connectivity index is 2.02. The van der Waals surface area contributed by atoms with Crippen molar-refractivity contribution in [2.75, 3.05) is 0 Å². The van der Waals surface area contributed by atoms with Crippen molar-refractivity contribution in [3.8, 4) is 0 Å². The summed E-state index contributed by atoms with van der Waals surface area (Å²) >= 11 is 1.31. The van der Waals surface area contributed by atoms with Crippen LogP contribution in [0.15, 0.2) is 11.4 Å². The molecule has 0 aliphatic heterocycles. The van der Waals surface area contributed by atoms with Gasteiger partial charge in [-0.2, -0.15) is 0 Å². The van der Waals surface area contributed by atoms with Crippen molar-refractivity contribution < 1.29 is 9.50 Å². The quantitative estimate of drug-likeness (QED) is 0.816. The number of thiophene rings is 1. The summed E-state index contributed by atoms with van der Waals surface area (Å²) < 4.78 is 13.1. The van der Waals surface area contributed by atoms with Gasteiger partial charge in [-0.25, -0.2) is 4.39 Å². The first-order valence-corrected chi connectivity index (χ1v) is 5.90. The Morgan fingerprint density at radius 1 is 1.64 bits per heavy atom. The van der Waals surface area contributed by atoms with Crippen LogP contribution in [0.1, 0.15) is 43.6 Å². The van der Waals surface area contributed by atoms with Gasteiger partial charge in [0.25, 0.3) is 0 Å². The van der Waals surface area contributed by atoms with Crippen molar-refractivity contribution in [3.05, 3.63) is 22.1 Å². The molecule has 78 valence electrons. The average Bonchev–Trinajstić information content (AvgIpc) is 2.48. The highest BCUT2D eigenvalue weighted by atomic mass is 32.1. The molecule has 1 nitrogen and oxygen atoms in total. The van der Waals surface area contributed by atoms with Gasteiger partial charge in [-0.15, -0.1) is 11.3 Å². The van der Waals surface area contributed by atoms with Crippen LogP contribution in [0.25, 0.3) is 0 Å². The van der Waals surface area contributed by atoms with Crippen LogP contribution < -0.4 is 0 Å². The Hall–Kier alpha value is -0.410. The van der Waals surface area contributed by atoms with Crippen LogP contribution in [0.4, 0.5) is 4.39 Å². The first-order chi connectivity index (χ1) is 6.61. The summed E-state index contributed by atoms with van der Waals surface area (Å²) in [7, 11) is 0. The van der Waals surface area contributed by atoms with Gasteiger partial charge in [-0.05, 0) is 36.1 Å². The molecule has 1 aromatic rings. The Kier molecular flexibility index (Phi) is 2.62. The molecule has 1 aliphatic rings. The van der Waals surface area contributed by atoms with Gasteiger partial charge in [0, 0.05) is 0 Å². The van der Waals surface area contributed by atoms with Gasteiger partial charge in [0.05, 0.1) is 11.0 Å². The lowest BCUT2D eigenvalue weighted by Gasteiger charge is -2.39. The maximum atomic E-state index is 13.1. The van der Waals surface area contributed by atoms with Crippen molar-refractivity contribution in [1.29, 1.82) is 0 Å². The zero-order valence-electron chi connectivity index (χ0n) is 8.29. The minimum absolute atomic E-state index is 0.246. The van der Waals surface area contributed by atoms with Gasteiger partial charge in [0.15, 0.2) is 0 Å². The number of rotatable bonds is 3. The molecule has 1 unspecified atom stereocenters. The van der Waals surface area contributed by atoms with Crippen molar-refractivity contribution in [1.82, 2.24) is 0 Å². The SMILES string of the molecule is CC1(CC(O)c2sccc2F)CCC1. The molecule has 2 rings (SSSR count). The molecule has 1 saturated carbocycles. The molecule has 14 heavy (non-hydrogen) atoms. The average molecular weight is 214 g/mol. The number of hydrogen-bond acceptors (Lipinski definition) is 2. The molecule has 1 aromatic heterocycles. The zero-order chi connectivity index (χ0) is 10.2. The minimum Gasteiger partial charge on any atom is -0.387 e. The van der Waals surface area contributed by atoms with Crippen LogP contribution in [0.5, 0.6) is 0 Å². The molecule has 1 N–H and O–H groups in total. The van der Waals surface area contributed by atoms with Crippen LogP contribution in [0, 0.1) is 11.2 Å². The minimum atomic E-state index is -0.611. The Labute approximate surface area is 87.6 Å². The van der Waals surface area contributed by atoms with E-state index in [1.807, 2.05) is 0 Å². The van der Waals surface area contributed by atoms with Crippen LogP contribution >= 0.6 is 11.3 Å². The van der Waals surface area contributed by atoms with Crippen molar-refractivity contribution in [2.45, 2.75) is 38.7 Å². The molecule has 0 spiro atoms. The lowest BCUT2D eigenvalue weighted by molar-refractivity contribution is 0.0549. The van der Waals surface area contributed by atoms with Crippen LogP contribution in [-0.2, 0) is 0 Å². The summed E-state index contributed by atoms with van der Waals surface area (Å²) in [6.07, 6.45) is 3.66. The van der Waals surface area contributed by atoms with Gasteiger partial charge < -0.3 is 5.11 Å². The van der Waals surface area contributed by atoms with Crippen molar-refractivity contribution in [3.63, 3.8) is 0 Å².